The number of nitrogens with one attached hydrogen (secondary N) is 2. The van der Waals surface area contributed by atoms with Gasteiger partial charge in [-0.05, 0) is 6.92 Å². The van der Waals surface area contributed by atoms with E-state index in [0.29, 0.717) is 0 Å². The molecule has 1 aromatic rings. The van der Waals surface area contributed by atoms with E-state index >= 15 is 0 Å². The maximum Gasteiger partial charge on any atom is 0.445 e. The van der Waals surface area contributed by atoms with Crippen molar-refractivity contribution in [2.24, 2.45) is 5.41 Å². The van der Waals surface area contributed by atoms with Crippen LogP contribution in [0.2, 0.25) is 0 Å². The summed E-state index contributed by atoms with van der Waals surface area (Å²) in [6.45, 7) is 6.44. The third-order valence-electron chi connectivity index (χ3n) is 2.32. The van der Waals surface area contributed by atoms with Gasteiger partial charge in [0.15, 0.2) is 0 Å². The van der Waals surface area contributed by atoms with E-state index in [4.69, 9.17) is 0 Å². The molecule has 1 atom stereocenters. The minimum absolute atomic E-state index is 0.218. The second-order valence-electron chi connectivity index (χ2n) is 5.34. The van der Waals surface area contributed by atoms with Crippen LogP contribution in [0.4, 0.5) is 18.3 Å². The smallest absolute Gasteiger partial charge is 0.344 e. The molecule has 0 bridgehead atoms. The molecule has 0 saturated heterocycles. The quantitative estimate of drug-likeness (QED) is 0.891. The zero-order valence-corrected chi connectivity index (χ0v) is 12.6. The number of nitrogens with zero attached hydrogens (tertiary/aromatic N) is 2. The average molecular weight is 324 g/mol. The van der Waals surface area contributed by atoms with Gasteiger partial charge in [-0.2, -0.15) is 13.2 Å². The Hall–Kier alpha value is -1.71. The van der Waals surface area contributed by atoms with Crippen LogP contribution in [-0.2, 0) is 15.8 Å². The first-order valence-corrected chi connectivity index (χ1v) is 6.75. The Bertz CT molecular complexity index is 536. The largest absolute Gasteiger partial charge is 0.445 e. The molecular formula is C11H15F3N4O2S. The second kappa shape index (κ2) is 5.96. The Kier molecular flexibility index (Phi) is 4.92. The molecule has 0 aliphatic carbocycles. The predicted molar refractivity (Wildman–Crippen MR) is 70.6 cm³/mol. The lowest BCUT2D eigenvalue weighted by atomic mass is 9.95. The van der Waals surface area contributed by atoms with Gasteiger partial charge in [0.05, 0.1) is 0 Å². The van der Waals surface area contributed by atoms with Gasteiger partial charge in [-0.1, -0.05) is 32.1 Å². The predicted octanol–water partition coefficient (Wildman–Crippen LogP) is 2.05. The topological polar surface area (TPSA) is 84.0 Å². The minimum Gasteiger partial charge on any atom is -0.344 e. The molecule has 0 aliphatic heterocycles. The van der Waals surface area contributed by atoms with Crippen molar-refractivity contribution in [3.05, 3.63) is 5.01 Å². The van der Waals surface area contributed by atoms with Crippen molar-refractivity contribution < 1.29 is 22.8 Å². The number of alkyl halides is 3. The van der Waals surface area contributed by atoms with Gasteiger partial charge in [0.1, 0.15) is 6.04 Å². The van der Waals surface area contributed by atoms with Crippen LogP contribution in [0.1, 0.15) is 32.7 Å². The van der Waals surface area contributed by atoms with Gasteiger partial charge in [-0.15, -0.1) is 10.2 Å². The summed E-state index contributed by atoms with van der Waals surface area (Å²) in [6.07, 6.45) is -4.60. The molecular weight excluding hydrogens is 309 g/mol. The van der Waals surface area contributed by atoms with Gasteiger partial charge in [-0.3, -0.25) is 14.9 Å². The van der Waals surface area contributed by atoms with Gasteiger partial charge in [0, 0.05) is 5.41 Å². The number of carbonyl (C=O) groups is 2. The Morgan fingerprint density at radius 2 is 1.76 bits per heavy atom. The lowest BCUT2D eigenvalue weighted by Gasteiger charge is -2.21. The van der Waals surface area contributed by atoms with Crippen molar-refractivity contribution in [3.8, 4) is 0 Å². The Morgan fingerprint density at radius 3 is 2.19 bits per heavy atom. The van der Waals surface area contributed by atoms with E-state index in [1.807, 2.05) is 0 Å². The molecule has 0 fully saturated rings. The molecule has 2 N–H and O–H groups in total. The summed E-state index contributed by atoms with van der Waals surface area (Å²) in [5, 5.41) is 9.40. The number of rotatable bonds is 3. The number of aromatic nitrogens is 2. The van der Waals surface area contributed by atoms with Gasteiger partial charge in [0.25, 0.3) is 0 Å². The maximum atomic E-state index is 12.3. The van der Waals surface area contributed by atoms with E-state index in [2.05, 4.69) is 20.8 Å². The van der Waals surface area contributed by atoms with Crippen LogP contribution >= 0.6 is 11.3 Å². The van der Waals surface area contributed by atoms with Crippen LogP contribution in [0.15, 0.2) is 0 Å². The molecule has 0 radical (unpaired) electrons. The normalized spacial score (nSPS) is 13.7. The molecule has 1 heterocycles. The van der Waals surface area contributed by atoms with E-state index < -0.39 is 28.5 Å². The van der Waals surface area contributed by atoms with Crippen molar-refractivity contribution in [3.63, 3.8) is 0 Å². The number of hydrogen-bond acceptors (Lipinski definition) is 5. The summed E-state index contributed by atoms with van der Waals surface area (Å²) >= 11 is 0.218. The van der Waals surface area contributed by atoms with Crippen LogP contribution < -0.4 is 10.6 Å². The van der Waals surface area contributed by atoms with Gasteiger partial charge < -0.3 is 5.32 Å². The summed E-state index contributed by atoms with van der Waals surface area (Å²) in [5.74, 6) is -1.02. The summed E-state index contributed by atoms with van der Waals surface area (Å²) in [4.78, 5) is 23.5. The van der Waals surface area contributed by atoms with Crippen molar-refractivity contribution in [1.82, 2.24) is 15.5 Å². The van der Waals surface area contributed by atoms with E-state index in [1.165, 1.54) is 6.92 Å². The van der Waals surface area contributed by atoms with E-state index in [-0.39, 0.29) is 22.4 Å². The van der Waals surface area contributed by atoms with Crippen LogP contribution in [0.25, 0.3) is 0 Å². The van der Waals surface area contributed by atoms with Crippen LogP contribution in [0.5, 0.6) is 0 Å². The van der Waals surface area contributed by atoms with Crippen molar-refractivity contribution in [2.45, 2.75) is 39.9 Å². The molecule has 6 nitrogen and oxygen atoms in total. The molecule has 0 saturated carbocycles. The first-order chi connectivity index (χ1) is 9.41. The molecule has 0 aromatic carbocycles. The van der Waals surface area contributed by atoms with E-state index in [0.717, 1.165) is 0 Å². The van der Waals surface area contributed by atoms with Crippen LogP contribution in [-0.4, -0.2) is 28.1 Å². The highest BCUT2D eigenvalue weighted by Crippen LogP contribution is 2.32. The fourth-order valence-corrected chi connectivity index (χ4v) is 1.69. The first kappa shape index (κ1) is 17.3. The average Bonchev–Trinajstić information content (AvgIpc) is 2.75. The Morgan fingerprint density at radius 1 is 1.19 bits per heavy atom. The molecule has 2 amide bonds. The van der Waals surface area contributed by atoms with Crippen molar-refractivity contribution in [2.75, 3.05) is 5.32 Å². The Labute approximate surface area is 123 Å². The third-order valence-corrected chi connectivity index (χ3v) is 3.20. The van der Waals surface area contributed by atoms with Gasteiger partial charge in [-0.25, -0.2) is 0 Å². The number of amides is 2. The van der Waals surface area contributed by atoms with Gasteiger partial charge in [0.2, 0.25) is 22.0 Å². The lowest BCUT2D eigenvalue weighted by molar-refractivity contribution is -0.138. The summed E-state index contributed by atoms with van der Waals surface area (Å²) in [7, 11) is 0. The number of carbonyl (C=O) groups excluding carboxylic acids is 2. The SMILES string of the molecule is CC(NC(=O)C(C)(C)C)C(=O)Nc1nnc(C(F)(F)F)s1. The zero-order valence-electron chi connectivity index (χ0n) is 11.8. The summed E-state index contributed by atoms with van der Waals surface area (Å²) in [5.41, 5.74) is -0.680. The van der Waals surface area contributed by atoms with E-state index in [9.17, 15) is 22.8 Å². The molecule has 1 unspecified atom stereocenters. The van der Waals surface area contributed by atoms with Crippen LogP contribution in [0, 0.1) is 5.41 Å². The highest BCUT2D eigenvalue weighted by molar-refractivity contribution is 7.15. The van der Waals surface area contributed by atoms with Crippen molar-refractivity contribution >= 4 is 28.3 Å². The van der Waals surface area contributed by atoms with Crippen LogP contribution in [0.3, 0.4) is 0 Å². The minimum atomic E-state index is -4.60. The number of hydrogen-bond donors (Lipinski definition) is 2. The molecule has 0 spiro atoms. The highest BCUT2D eigenvalue weighted by atomic mass is 32.1. The monoisotopic (exact) mass is 324 g/mol. The fourth-order valence-electron chi connectivity index (χ4n) is 1.08. The lowest BCUT2D eigenvalue weighted by Crippen LogP contribution is -2.46. The van der Waals surface area contributed by atoms with E-state index in [1.54, 1.807) is 20.8 Å². The standard InChI is InChI=1S/C11H15F3N4O2S/c1-5(15-7(20)10(2,3)4)6(19)16-9-18-17-8(21-9)11(12,13)14/h5H,1-4H3,(H,15,20)(H,16,18,19). The molecule has 118 valence electrons. The molecule has 0 aliphatic rings. The molecule has 21 heavy (non-hydrogen) atoms. The van der Waals surface area contributed by atoms with Crippen molar-refractivity contribution in [1.29, 1.82) is 0 Å². The summed E-state index contributed by atoms with van der Waals surface area (Å²) in [6, 6.07) is -0.907. The Balaban J connectivity index is 2.65. The van der Waals surface area contributed by atoms with Gasteiger partial charge >= 0.3 is 6.18 Å². The number of anilines is 1. The zero-order chi connectivity index (χ0) is 16.4. The third kappa shape index (κ3) is 4.96. The maximum absolute atomic E-state index is 12.3. The number of halogens is 3. The summed E-state index contributed by atoms with van der Waals surface area (Å²) < 4.78 is 37.0. The molecule has 1 aromatic heterocycles. The second-order valence-corrected chi connectivity index (χ2v) is 6.32. The molecule has 10 heteroatoms. The molecule has 1 rings (SSSR count). The first-order valence-electron chi connectivity index (χ1n) is 5.94. The fraction of sp³-hybridized carbons (Fsp3) is 0.636. The highest BCUT2D eigenvalue weighted by Gasteiger charge is 2.36.